The highest BCUT2D eigenvalue weighted by Gasteiger charge is 2.13. The van der Waals surface area contributed by atoms with Crippen LogP contribution in [0.25, 0.3) is 0 Å². The Labute approximate surface area is 472 Å². The van der Waals surface area contributed by atoms with E-state index in [2.05, 4.69) is 203 Å². The minimum atomic E-state index is -0.858. The van der Waals surface area contributed by atoms with E-state index >= 15 is 0 Å². The lowest BCUT2D eigenvalue weighted by Crippen LogP contribution is -2.17. The number of aromatic nitrogens is 7. The Balaban J connectivity index is 0.000000469. The molecule has 2 N–H and O–H groups in total. The minimum absolute atomic E-state index is 0.148. The van der Waals surface area contributed by atoms with Crippen molar-refractivity contribution in [2.75, 3.05) is 31.0 Å². The third-order valence-corrected chi connectivity index (χ3v) is 11.0. The van der Waals surface area contributed by atoms with Gasteiger partial charge >= 0.3 is 0 Å². The molecular weight excluding hydrogens is 974 g/mol. The third-order valence-electron chi connectivity index (χ3n) is 11.0. The Hall–Kier alpha value is -6.24. The van der Waals surface area contributed by atoms with Gasteiger partial charge in [0.1, 0.15) is 17.8 Å². The molecule has 1 atom stereocenters. The number of anilines is 2. The predicted octanol–water partition coefficient (Wildman–Crippen LogP) is 17.8. The number of rotatable bonds is 17. The van der Waals surface area contributed by atoms with Crippen LogP contribution in [0.4, 0.5) is 16.0 Å². The van der Waals surface area contributed by atoms with Crippen molar-refractivity contribution in [3.63, 3.8) is 0 Å². The fourth-order valence-corrected chi connectivity index (χ4v) is 6.26. The summed E-state index contributed by atoms with van der Waals surface area (Å²) in [6.07, 6.45) is 9.83. The molecule has 6 rings (SSSR count). The molecule has 13 heteroatoms. The van der Waals surface area contributed by atoms with Gasteiger partial charge in [-0.2, -0.15) is 0 Å². The standard InChI is InChI=1S/C12H20N2O.C11H15F.C11H18N2O.2C11H18N2.C9H13NO/c1-9(2)10-6-13-7-11(14-10)15-8-12(3,4)5;1-8(2)10-5-4-6-11(7-10)9(3)12;1-8(2)7-14-11-6-12-5-10(13-11)9(3)4;1-8(2)10-5-6-11(12-7-10)13-9(3)4;1-8(2)10-6-5-7-11(13-10)12-9(3)4;1-7(2)8-4-5-9(11-3)10-6-8/h6-7,9H,8H2,1-5H3;4-9H,1-3H3;5-6,8-9H,7H2,1-4H3;2*5-9H,1-4H3,(H,12,13);4-7H,1-3H3. The van der Waals surface area contributed by atoms with Crippen molar-refractivity contribution in [1.82, 2.24) is 34.9 Å². The van der Waals surface area contributed by atoms with Crippen LogP contribution in [-0.2, 0) is 0 Å². The summed E-state index contributed by atoms with van der Waals surface area (Å²) in [7, 11) is 1.62. The molecule has 0 aliphatic carbocycles. The molecule has 1 aromatic carbocycles. The summed E-state index contributed by atoms with van der Waals surface area (Å²) in [5.74, 6) is 7.21. The Morgan fingerprint density at radius 1 is 0.449 bits per heavy atom. The monoisotopic (exact) mass is 1080 g/mol. The van der Waals surface area contributed by atoms with Crippen molar-refractivity contribution in [2.45, 2.75) is 206 Å². The number of ether oxygens (including phenoxy) is 3. The van der Waals surface area contributed by atoms with E-state index in [4.69, 9.17) is 14.2 Å². The van der Waals surface area contributed by atoms with Crippen LogP contribution in [0.15, 0.2) is 104 Å². The molecule has 0 saturated heterocycles. The molecule has 0 radical (unpaired) electrons. The normalized spacial score (nSPS) is 11.4. The molecule has 1 unspecified atom stereocenters. The number of benzene rings is 1. The van der Waals surface area contributed by atoms with E-state index in [-0.39, 0.29) is 5.41 Å². The molecule has 5 aromatic heterocycles. The smallest absolute Gasteiger partial charge is 0.232 e. The molecule has 0 bridgehead atoms. The van der Waals surface area contributed by atoms with Crippen LogP contribution in [0.3, 0.4) is 0 Å². The summed E-state index contributed by atoms with van der Waals surface area (Å²) in [6.45, 7) is 47.5. The van der Waals surface area contributed by atoms with E-state index < -0.39 is 6.17 Å². The number of alkyl halides is 1. The maximum atomic E-state index is 12.9. The number of halogens is 1. The molecule has 5 heterocycles. The highest BCUT2D eigenvalue weighted by atomic mass is 19.1. The predicted molar refractivity (Wildman–Crippen MR) is 327 cm³/mol. The second kappa shape index (κ2) is 36.8. The summed E-state index contributed by atoms with van der Waals surface area (Å²) < 4.78 is 28.9. The Kier molecular flexibility index (Phi) is 32.9. The SMILES string of the molecule is CC(C)COc1cncc(C(C)C)n1.CC(C)Nc1ccc(C(C)C)cn1.CC(C)Nc1cccc(C(C)C)n1.CC(C)c1cccc(C(C)F)c1.CC(C)c1cncc(OCC(C)(C)C)n1.COc1ccc(C(C)C)cn1. The zero-order valence-electron chi connectivity index (χ0n) is 52.2. The fourth-order valence-electron chi connectivity index (χ4n) is 6.26. The van der Waals surface area contributed by atoms with E-state index in [1.165, 1.54) is 16.7 Å². The van der Waals surface area contributed by atoms with Crippen LogP contribution < -0.4 is 24.8 Å². The van der Waals surface area contributed by atoms with Crippen molar-refractivity contribution in [3.8, 4) is 17.6 Å². The summed E-state index contributed by atoms with van der Waals surface area (Å²) in [5, 5.41) is 6.55. The average molecular weight is 1080 g/mol. The Morgan fingerprint density at radius 2 is 0.923 bits per heavy atom. The highest BCUT2D eigenvalue weighted by Crippen LogP contribution is 2.23. The quantitative estimate of drug-likeness (QED) is 0.0898. The summed E-state index contributed by atoms with van der Waals surface area (Å²) >= 11 is 0. The topological polar surface area (TPSA) is 142 Å². The average Bonchev–Trinajstić information content (AvgIpc) is 3.38. The number of hydrogen-bond donors (Lipinski definition) is 2. The van der Waals surface area contributed by atoms with E-state index in [0.717, 1.165) is 34.3 Å². The van der Waals surface area contributed by atoms with Crippen LogP contribution in [0.1, 0.15) is 233 Å². The summed E-state index contributed by atoms with van der Waals surface area (Å²) in [4.78, 5) is 29.9. The molecule has 78 heavy (non-hydrogen) atoms. The largest absolute Gasteiger partial charge is 0.481 e. The molecule has 12 nitrogen and oxygen atoms in total. The van der Waals surface area contributed by atoms with Gasteiger partial charge in [0, 0.05) is 48.6 Å². The molecule has 0 amide bonds. The molecule has 6 aromatic rings. The van der Waals surface area contributed by atoms with Crippen molar-refractivity contribution in [1.29, 1.82) is 0 Å². The van der Waals surface area contributed by atoms with Crippen LogP contribution >= 0.6 is 0 Å². The zero-order chi connectivity index (χ0) is 59.1. The number of nitrogens with zero attached hydrogens (tertiary/aromatic N) is 7. The molecule has 0 aliphatic heterocycles. The lowest BCUT2D eigenvalue weighted by Gasteiger charge is -2.18. The van der Waals surface area contributed by atoms with Gasteiger partial charge in [-0.15, -0.1) is 0 Å². The summed E-state index contributed by atoms with van der Waals surface area (Å²) in [5.41, 5.74) is 7.76. The molecule has 432 valence electrons. The Morgan fingerprint density at radius 3 is 1.33 bits per heavy atom. The lowest BCUT2D eigenvalue weighted by molar-refractivity contribution is 0.190. The number of methoxy groups -OCH3 is 1. The van der Waals surface area contributed by atoms with Crippen LogP contribution in [0, 0.1) is 11.3 Å². The second-order valence-corrected chi connectivity index (χ2v) is 23.5. The number of nitrogens with one attached hydrogen (secondary N) is 2. The van der Waals surface area contributed by atoms with E-state index in [0.29, 0.717) is 84.4 Å². The first-order chi connectivity index (χ1) is 36.5. The van der Waals surface area contributed by atoms with Gasteiger partial charge in [0.05, 0.1) is 44.1 Å². The van der Waals surface area contributed by atoms with Crippen molar-refractivity contribution >= 4 is 11.6 Å². The van der Waals surface area contributed by atoms with E-state index in [1.54, 1.807) is 38.8 Å². The third kappa shape index (κ3) is 31.2. The van der Waals surface area contributed by atoms with Gasteiger partial charge in [0.2, 0.25) is 17.6 Å². The summed E-state index contributed by atoms with van der Waals surface area (Å²) in [6, 6.07) is 22.8. The van der Waals surface area contributed by atoms with Gasteiger partial charge in [-0.1, -0.05) is 160 Å². The molecular formula is C65H102FN9O3. The second-order valence-electron chi connectivity index (χ2n) is 23.5. The van der Waals surface area contributed by atoms with Gasteiger partial charge in [-0.25, -0.2) is 29.3 Å². The van der Waals surface area contributed by atoms with Crippen LogP contribution in [-0.4, -0.2) is 67.3 Å². The Bertz CT molecular complexity index is 2460. The van der Waals surface area contributed by atoms with Gasteiger partial charge < -0.3 is 24.8 Å². The van der Waals surface area contributed by atoms with Gasteiger partial charge in [0.25, 0.3) is 0 Å². The molecule has 0 aliphatic rings. The van der Waals surface area contributed by atoms with Gasteiger partial charge in [-0.3, -0.25) is 9.97 Å². The van der Waals surface area contributed by atoms with E-state index in [9.17, 15) is 4.39 Å². The highest BCUT2D eigenvalue weighted by molar-refractivity contribution is 5.37. The maximum Gasteiger partial charge on any atom is 0.232 e. The lowest BCUT2D eigenvalue weighted by atomic mass is 9.99. The van der Waals surface area contributed by atoms with Crippen molar-refractivity contribution in [3.05, 3.63) is 143 Å². The first-order valence-corrected chi connectivity index (χ1v) is 28.1. The fraction of sp³-hybridized carbons (Fsp3) is 0.554. The van der Waals surface area contributed by atoms with E-state index in [1.807, 2.05) is 67.0 Å². The maximum absolute atomic E-state index is 12.9. The van der Waals surface area contributed by atoms with Gasteiger partial charge in [-0.05, 0) is 122 Å². The molecule has 0 fully saturated rings. The molecule has 0 saturated carbocycles. The minimum Gasteiger partial charge on any atom is -0.481 e. The van der Waals surface area contributed by atoms with Gasteiger partial charge in [0.15, 0.2) is 0 Å². The van der Waals surface area contributed by atoms with Crippen molar-refractivity contribution in [2.24, 2.45) is 11.3 Å². The number of hydrogen-bond acceptors (Lipinski definition) is 12. The first-order valence-electron chi connectivity index (χ1n) is 28.1. The molecule has 0 spiro atoms. The van der Waals surface area contributed by atoms with Crippen molar-refractivity contribution < 1.29 is 18.6 Å². The first kappa shape index (κ1) is 69.8. The number of pyridine rings is 3. The van der Waals surface area contributed by atoms with Crippen LogP contribution in [0.2, 0.25) is 0 Å². The van der Waals surface area contributed by atoms with Crippen LogP contribution in [0.5, 0.6) is 17.6 Å². The zero-order valence-corrected chi connectivity index (χ0v) is 52.2.